The summed E-state index contributed by atoms with van der Waals surface area (Å²) in [4.78, 5) is 4.12. The van der Waals surface area contributed by atoms with Crippen LogP contribution in [0.4, 0.5) is 0 Å². The SMILES string of the molecule is C=[C-]c1ccn2ccnc2c1.[Y]. The van der Waals surface area contributed by atoms with Crippen molar-refractivity contribution in [2.45, 2.75) is 0 Å². The Balaban J connectivity index is 0.000000720. The Morgan fingerprint density at radius 3 is 3.00 bits per heavy atom. The molecule has 2 rings (SSSR count). The van der Waals surface area contributed by atoms with Gasteiger partial charge >= 0.3 is 0 Å². The summed E-state index contributed by atoms with van der Waals surface area (Å²) in [6, 6.07) is 3.88. The van der Waals surface area contributed by atoms with Crippen LogP contribution in [0.15, 0.2) is 37.3 Å². The van der Waals surface area contributed by atoms with E-state index in [0.717, 1.165) is 11.2 Å². The summed E-state index contributed by atoms with van der Waals surface area (Å²) in [6.07, 6.45) is 8.42. The van der Waals surface area contributed by atoms with E-state index in [1.54, 1.807) is 6.20 Å². The first kappa shape index (κ1) is 9.62. The van der Waals surface area contributed by atoms with Crippen LogP contribution in [0.1, 0.15) is 5.56 Å². The van der Waals surface area contributed by atoms with Crippen molar-refractivity contribution in [1.29, 1.82) is 0 Å². The van der Waals surface area contributed by atoms with Crippen molar-refractivity contribution in [3.63, 3.8) is 0 Å². The number of aromatic nitrogens is 2. The third kappa shape index (κ3) is 1.65. The minimum absolute atomic E-state index is 0. The molecule has 0 saturated carbocycles. The van der Waals surface area contributed by atoms with Crippen molar-refractivity contribution in [1.82, 2.24) is 9.38 Å². The van der Waals surface area contributed by atoms with Gasteiger partial charge in [0.25, 0.3) is 0 Å². The first-order valence-corrected chi connectivity index (χ1v) is 3.36. The molecule has 0 unspecified atom stereocenters. The van der Waals surface area contributed by atoms with Crippen LogP contribution in [0.25, 0.3) is 5.65 Å². The molecule has 0 aliphatic rings. The number of fused-ring (bicyclic) bond motifs is 1. The zero-order chi connectivity index (χ0) is 7.68. The van der Waals surface area contributed by atoms with E-state index < -0.39 is 0 Å². The monoisotopic (exact) mass is 232 g/mol. The van der Waals surface area contributed by atoms with Crippen molar-refractivity contribution < 1.29 is 32.7 Å². The number of pyridine rings is 1. The van der Waals surface area contributed by atoms with Crippen LogP contribution in [-0.2, 0) is 32.7 Å². The van der Waals surface area contributed by atoms with E-state index in [1.807, 2.05) is 28.9 Å². The number of rotatable bonds is 1. The maximum atomic E-state index is 4.12. The van der Waals surface area contributed by atoms with E-state index in [1.165, 1.54) is 0 Å². The molecule has 3 heteroatoms. The van der Waals surface area contributed by atoms with E-state index in [0.29, 0.717) is 0 Å². The fourth-order valence-electron chi connectivity index (χ4n) is 1.02. The third-order valence-electron chi connectivity index (χ3n) is 1.60. The Labute approximate surface area is 96.2 Å². The van der Waals surface area contributed by atoms with Gasteiger partial charge in [0.2, 0.25) is 0 Å². The fraction of sp³-hybridized carbons (Fsp3) is 0. The zero-order valence-electron chi connectivity index (χ0n) is 6.57. The van der Waals surface area contributed by atoms with Crippen LogP contribution in [0.3, 0.4) is 0 Å². The molecule has 0 aromatic carbocycles. The Kier molecular flexibility index (Phi) is 3.18. The van der Waals surface area contributed by atoms with Gasteiger partial charge in [0.05, 0.1) is 5.65 Å². The third-order valence-corrected chi connectivity index (χ3v) is 1.60. The van der Waals surface area contributed by atoms with Crippen molar-refractivity contribution in [2.24, 2.45) is 0 Å². The largest absolute Gasteiger partial charge is 0.329 e. The molecule has 0 bridgehead atoms. The first-order chi connectivity index (χ1) is 5.40. The van der Waals surface area contributed by atoms with Crippen LogP contribution in [0, 0.1) is 6.08 Å². The van der Waals surface area contributed by atoms with Crippen LogP contribution in [0.2, 0.25) is 0 Å². The zero-order valence-corrected chi connectivity index (χ0v) is 9.40. The van der Waals surface area contributed by atoms with Crippen LogP contribution < -0.4 is 0 Å². The van der Waals surface area contributed by atoms with Gasteiger partial charge in [0.15, 0.2) is 0 Å². The quantitative estimate of drug-likeness (QED) is 0.683. The summed E-state index contributed by atoms with van der Waals surface area (Å²) in [6.45, 7) is 3.56. The van der Waals surface area contributed by atoms with E-state index in [-0.39, 0.29) is 32.7 Å². The van der Waals surface area contributed by atoms with Gasteiger partial charge in [-0.05, 0) is 6.20 Å². The molecule has 2 aromatic heterocycles. The molecule has 0 fully saturated rings. The number of nitrogens with zero attached hydrogens (tertiary/aromatic N) is 2. The molecule has 12 heavy (non-hydrogen) atoms. The summed E-state index contributed by atoms with van der Waals surface area (Å²) in [5.74, 6) is 0. The molecule has 57 valence electrons. The van der Waals surface area contributed by atoms with Crippen molar-refractivity contribution >= 4 is 5.65 Å². The molecule has 2 heterocycles. The molecular weight excluding hydrogens is 225 g/mol. The predicted molar refractivity (Wildman–Crippen MR) is 43.2 cm³/mol. The Hall–Kier alpha value is -0.466. The molecule has 0 saturated heterocycles. The van der Waals surface area contributed by atoms with Crippen LogP contribution >= 0.6 is 0 Å². The van der Waals surface area contributed by atoms with Gasteiger partial charge in [0.1, 0.15) is 0 Å². The van der Waals surface area contributed by atoms with E-state index in [9.17, 15) is 0 Å². The van der Waals surface area contributed by atoms with E-state index in [4.69, 9.17) is 0 Å². The predicted octanol–water partition coefficient (Wildman–Crippen LogP) is 1.67. The summed E-state index contributed by atoms with van der Waals surface area (Å²) >= 11 is 0. The Morgan fingerprint density at radius 2 is 2.25 bits per heavy atom. The molecule has 0 aliphatic heterocycles. The minimum Gasteiger partial charge on any atom is -0.329 e. The second-order valence-electron chi connectivity index (χ2n) is 2.28. The summed E-state index contributed by atoms with van der Waals surface area (Å²) < 4.78 is 1.95. The Morgan fingerprint density at radius 1 is 1.42 bits per heavy atom. The molecular formula is C9H7N2Y-. The molecule has 2 nitrogen and oxygen atoms in total. The number of imidazole rings is 1. The second-order valence-corrected chi connectivity index (χ2v) is 2.28. The molecule has 2 aromatic rings. The van der Waals surface area contributed by atoms with Gasteiger partial charge in [-0.3, -0.25) is 4.98 Å². The standard InChI is InChI=1S/C9H7N2.Y/c1-2-8-3-5-11-6-4-10-9(11)7-8;/h3-7H,1H2;/q-1;. The van der Waals surface area contributed by atoms with Crippen molar-refractivity contribution in [3.05, 3.63) is 48.9 Å². The number of hydrogen-bond acceptors (Lipinski definition) is 1. The summed E-state index contributed by atoms with van der Waals surface area (Å²) in [5, 5.41) is 0. The minimum atomic E-state index is 0. The average molecular weight is 232 g/mol. The molecule has 0 atom stereocenters. The molecule has 1 radical (unpaired) electrons. The van der Waals surface area contributed by atoms with E-state index >= 15 is 0 Å². The average Bonchev–Trinajstić information content (AvgIpc) is 2.50. The smallest absolute Gasteiger partial charge is 0.0792 e. The normalized spacial score (nSPS) is 9.33. The van der Waals surface area contributed by atoms with Crippen LogP contribution in [-0.4, -0.2) is 9.38 Å². The molecule has 0 amide bonds. The molecule has 0 N–H and O–H groups in total. The first-order valence-electron chi connectivity index (χ1n) is 3.36. The van der Waals surface area contributed by atoms with Gasteiger partial charge in [-0.15, -0.1) is 12.1 Å². The van der Waals surface area contributed by atoms with Gasteiger partial charge < -0.3 is 4.40 Å². The van der Waals surface area contributed by atoms with E-state index in [2.05, 4.69) is 17.6 Å². The van der Waals surface area contributed by atoms with Crippen molar-refractivity contribution in [2.75, 3.05) is 0 Å². The van der Waals surface area contributed by atoms with Crippen molar-refractivity contribution in [3.8, 4) is 0 Å². The summed E-state index contributed by atoms with van der Waals surface area (Å²) in [5.41, 5.74) is 1.90. The van der Waals surface area contributed by atoms with Gasteiger partial charge in [-0.2, -0.15) is 18.2 Å². The fourth-order valence-corrected chi connectivity index (χ4v) is 1.02. The molecule has 0 aliphatic carbocycles. The number of hydrogen-bond donors (Lipinski definition) is 0. The molecule has 0 spiro atoms. The summed E-state index contributed by atoms with van der Waals surface area (Å²) in [7, 11) is 0. The maximum absolute atomic E-state index is 4.12. The maximum Gasteiger partial charge on any atom is 0.0792 e. The Bertz CT molecular complexity index is 392. The van der Waals surface area contributed by atoms with Gasteiger partial charge in [-0.25, -0.2) is 0 Å². The topological polar surface area (TPSA) is 17.3 Å². The van der Waals surface area contributed by atoms with Gasteiger partial charge in [-0.1, -0.05) is 0 Å². The second kappa shape index (κ2) is 3.97. The van der Waals surface area contributed by atoms with Gasteiger partial charge in [0, 0.05) is 45.1 Å². The van der Waals surface area contributed by atoms with Crippen LogP contribution in [0.5, 0.6) is 0 Å².